The van der Waals surface area contributed by atoms with Crippen LogP contribution in [0.5, 0.6) is 0 Å². The number of nitrogens with two attached hydrogens (primary N) is 1. The van der Waals surface area contributed by atoms with E-state index in [0.29, 0.717) is 15.8 Å². The summed E-state index contributed by atoms with van der Waals surface area (Å²) in [5, 5.41) is 1.29. The molecule has 7 heteroatoms. The van der Waals surface area contributed by atoms with Gasteiger partial charge in [-0.25, -0.2) is 15.0 Å². The standard InChI is InChI=1S/C13H8Cl2N4S/c14-8-3-1-2-7(6-8)10-11(20-13(16)19-10)9-4-5-17-12(15)18-9/h1-6H,(H2,16,19). The van der Waals surface area contributed by atoms with Crippen LogP contribution in [0.1, 0.15) is 0 Å². The number of halogens is 2. The summed E-state index contributed by atoms with van der Waals surface area (Å²) in [5.41, 5.74) is 8.14. The molecule has 3 rings (SSSR count). The minimum atomic E-state index is 0.187. The zero-order valence-corrected chi connectivity index (χ0v) is 12.4. The highest BCUT2D eigenvalue weighted by Crippen LogP contribution is 2.37. The molecule has 3 aromatic rings. The third kappa shape index (κ3) is 2.60. The van der Waals surface area contributed by atoms with Gasteiger partial charge in [0.1, 0.15) is 0 Å². The number of thiazole rings is 1. The predicted molar refractivity (Wildman–Crippen MR) is 83.0 cm³/mol. The maximum absolute atomic E-state index is 6.02. The van der Waals surface area contributed by atoms with Crippen molar-refractivity contribution in [3.63, 3.8) is 0 Å². The van der Waals surface area contributed by atoms with Crippen LogP contribution in [0.3, 0.4) is 0 Å². The minimum absolute atomic E-state index is 0.187. The smallest absolute Gasteiger partial charge is 0.222 e. The highest BCUT2D eigenvalue weighted by molar-refractivity contribution is 7.19. The van der Waals surface area contributed by atoms with Crippen molar-refractivity contribution in [1.82, 2.24) is 15.0 Å². The number of benzene rings is 1. The molecule has 0 aliphatic rings. The highest BCUT2D eigenvalue weighted by atomic mass is 35.5. The highest BCUT2D eigenvalue weighted by Gasteiger charge is 2.15. The summed E-state index contributed by atoms with van der Waals surface area (Å²) in [6, 6.07) is 9.20. The summed E-state index contributed by atoms with van der Waals surface area (Å²) in [5.74, 6) is 0. The first-order valence-corrected chi connectivity index (χ1v) is 7.22. The molecule has 0 aliphatic carbocycles. The number of hydrogen-bond donors (Lipinski definition) is 1. The number of nitrogen functional groups attached to an aromatic ring is 1. The van der Waals surface area contributed by atoms with Gasteiger partial charge in [-0.3, -0.25) is 0 Å². The van der Waals surface area contributed by atoms with Gasteiger partial charge in [0.2, 0.25) is 5.28 Å². The zero-order chi connectivity index (χ0) is 14.1. The number of rotatable bonds is 2. The molecule has 0 spiro atoms. The van der Waals surface area contributed by atoms with E-state index >= 15 is 0 Å². The van der Waals surface area contributed by atoms with Crippen LogP contribution in [0.4, 0.5) is 5.13 Å². The average molecular weight is 323 g/mol. The molecule has 0 saturated carbocycles. The molecule has 4 nitrogen and oxygen atoms in total. The molecule has 0 radical (unpaired) electrons. The predicted octanol–water partition coefficient (Wildman–Crippen LogP) is 4.16. The van der Waals surface area contributed by atoms with Crippen LogP contribution < -0.4 is 5.73 Å². The van der Waals surface area contributed by atoms with E-state index < -0.39 is 0 Å². The summed E-state index contributed by atoms with van der Waals surface area (Å²) in [6.45, 7) is 0. The van der Waals surface area contributed by atoms with Crippen molar-refractivity contribution in [2.45, 2.75) is 0 Å². The van der Waals surface area contributed by atoms with E-state index in [-0.39, 0.29) is 5.28 Å². The van der Waals surface area contributed by atoms with E-state index in [2.05, 4.69) is 15.0 Å². The summed E-state index contributed by atoms with van der Waals surface area (Å²) in [4.78, 5) is 13.3. The van der Waals surface area contributed by atoms with Crippen LogP contribution in [0.15, 0.2) is 36.5 Å². The molecule has 20 heavy (non-hydrogen) atoms. The fourth-order valence-electron chi connectivity index (χ4n) is 1.80. The summed E-state index contributed by atoms with van der Waals surface area (Å²) < 4.78 is 0. The zero-order valence-electron chi connectivity index (χ0n) is 10.0. The van der Waals surface area contributed by atoms with Crippen LogP contribution >= 0.6 is 34.5 Å². The molecule has 0 fully saturated rings. The third-order valence-corrected chi connectivity index (χ3v) is 3.92. The second-order valence-corrected chi connectivity index (χ2v) is 5.76. The molecular formula is C13H8Cl2N4S. The van der Waals surface area contributed by atoms with Gasteiger partial charge < -0.3 is 5.73 Å². The molecular weight excluding hydrogens is 315 g/mol. The Hall–Kier alpha value is -1.69. The van der Waals surface area contributed by atoms with Crippen molar-refractivity contribution in [3.8, 4) is 21.8 Å². The van der Waals surface area contributed by atoms with Gasteiger partial charge in [-0.05, 0) is 29.8 Å². The van der Waals surface area contributed by atoms with Crippen LogP contribution in [0, 0.1) is 0 Å². The van der Waals surface area contributed by atoms with Gasteiger partial charge in [-0.15, -0.1) is 0 Å². The minimum Gasteiger partial charge on any atom is -0.375 e. The molecule has 0 amide bonds. The number of anilines is 1. The van der Waals surface area contributed by atoms with E-state index in [0.717, 1.165) is 16.1 Å². The van der Waals surface area contributed by atoms with Crippen LogP contribution in [0.25, 0.3) is 21.8 Å². The Morgan fingerprint density at radius 1 is 1.10 bits per heavy atom. The number of nitrogens with zero attached hydrogens (tertiary/aromatic N) is 3. The second kappa shape index (κ2) is 5.36. The van der Waals surface area contributed by atoms with E-state index in [1.54, 1.807) is 12.3 Å². The third-order valence-electron chi connectivity index (χ3n) is 2.60. The van der Waals surface area contributed by atoms with Crippen molar-refractivity contribution in [3.05, 3.63) is 46.8 Å². The van der Waals surface area contributed by atoms with Crippen LogP contribution in [-0.4, -0.2) is 15.0 Å². The molecule has 100 valence electrons. The summed E-state index contributed by atoms with van der Waals surface area (Å²) in [7, 11) is 0. The lowest BCUT2D eigenvalue weighted by molar-refractivity contribution is 1.18. The number of aromatic nitrogens is 3. The Labute approximate surface area is 129 Å². The van der Waals surface area contributed by atoms with Crippen molar-refractivity contribution < 1.29 is 0 Å². The fraction of sp³-hybridized carbons (Fsp3) is 0. The van der Waals surface area contributed by atoms with E-state index in [4.69, 9.17) is 28.9 Å². The lowest BCUT2D eigenvalue weighted by Crippen LogP contribution is -1.87. The first-order chi connectivity index (χ1) is 9.63. The SMILES string of the molecule is Nc1nc(-c2cccc(Cl)c2)c(-c2ccnc(Cl)n2)s1. The fourth-order valence-corrected chi connectivity index (χ4v) is 2.97. The van der Waals surface area contributed by atoms with E-state index in [1.165, 1.54) is 11.3 Å². The molecule has 2 aromatic heterocycles. The Bertz CT molecular complexity index is 710. The van der Waals surface area contributed by atoms with E-state index in [9.17, 15) is 0 Å². The van der Waals surface area contributed by atoms with Gasteiger partial charge in [0, 0.05) is 16.8 Å². The molecule has 2 N–H and O–H groups in total. The number of hydrogen-bond acceptors (Lipinski definition) is 5. The molecule has 0 unspecified atom stereocenters. The topological polar surface area (TPSA) is 64.7 Å². The molecule has 0 bridgehead atoms. The Morgan fingerprint density at radius 3 is 2.70 bits per heavy atom. The Morgan fingerprint density at radius 2 is 1.95 bits per heavy atom. The summed E-state index contributed by atoms with van der Waals surface area (Å²) >= 11 is 13.2. The van der Waals surface area contributed by atoms with Gasteiger partial charge in [-0.1, -0.05) is 35.1 Å². The first-order valence-electron chi connectivity index (χ1n) is 5.64. The van der Waals surface area contributed by atoms with Crippen molar-refractivity contribution in [2.75, 3.05) is 5.73 Å². The Balaban J connectivity index is 2.18. The lowest BCUT2D eigenvalue weighted by atomic mass is 10.1. The van der Waals surface area contributed by atoms with Crippen molar-refractivity contribution in [1.29, 1.82) is 0 Å². The van der Waals surface area contributed by atoms with Gasteiger partial charge in [0.15, 0.2) is 5.13 Å². The maximum Gasteiger partial charge on any atom is 0.222 e. The summed E-state index contributed by atoms with van der Waals surface area (Å²) in [6.07, 6.45) is 1.60. The van der Waals surface area contributed by atoms with E-state index in [1.807, 2.05) is 24.3 Å². The molecule has 0 saturated heterocycles. The van der Waals surface area contributed by atoms with Gasteiger partial charge in [-0.2, -0.15) is 0 Å². The average Bonchev–Trinajstić information content (AvgIpc) is 2.81. The van der Waals surface area contributed by atoms with Gasteiger partial charge >= 0.3 is 0 Å². The Kier molecular flexibility index (Phi) is 3.56. The largest absolute Gasteiger partial charge is 0.375 e. The molecule has 2 heterocycles. The monoisotopic (exact) mass is 322 g/mol. The molecule has 0 atom stereocenters. The van der Waals surface area contributed by atoms with Crippen LogP contribution in [0.2, 0.25) is 10.3 Å². The first kappa shape index (κ1) is 13.3. The van der Waals surface area contributed by atoms with Gasteiger partial charge in [0.25, 0.3) is 0 Å². The molecule has 1 aromatic carbocycles. The maximum atomic E-state index is 6.02. The molecule has 0 aliphatic heterocycles. The quantitative estimate of drug-likeness (QED) is 0.719. The second-order valence-electron chi connectivity index (χ2n) is 3.95. The van der Waals surface area contributed by atoms with Crippen molar-refractivity contribution >= 4 is 39.7 Å². The van der Waals surface area contributed by atoms with Crippen molar-refractivity contribution in [2.24, 2.45) is 0 Å². The van der Waals surface area contributed by atoms with Crippen LogP contribution in [-0.2, 0) is 0 Å². The van der Waals surface area contributed by atoms with Gasteiger partial charge in [0.05, 0.1) is 16.3 Å². The normalized spacial score (nSPS) is 10.7. The lowest BCUT2D eigenvalue weighted by Gasteiger charge is -2.02.